The highest BCUT2D eigenvalue weighted by atomic mass is 16.5. The third-order valence-corrected chi connectivity index (χ3v) is 5.36. The summed E-state index contributed by atoms with van der Waals surface area (Å²) in [5.41, 5.74) is 4.62. The number of nitrogens with zero attached hydrogens (tertiary/aromatic N) is 2. The molecule has 0 saturated carbocycles. The number of aliphatic carboxylic acids is 1. The van der Waals surface area contributed by atoms with Crippen molar-refractivity contribution in [1.82, 2.24) is 14.9 Å². The molecule has 168 valence electrons. The Bertz CT molecular complexity index is 1060. The number of hydrogen-bond acceptors (Lipinski definition) is 4. The minimum absolute atomic E-state index is 0.102. The minimum Gasteiger partial charge on any atom is -0.486 e. The lowest BCUT2D eigenvalue weighted by molar-refractivity contribution is -0.136. The van der Waals surface area contributed by atoms with E-state index in [1.165, 1.54) is 0 Å². The molecular formula is C25H29N3O4. The van der Waals surface area contributed by atoms with Crippen LogP contribution < -0.4 is 10.1 Å². The molecule has 3 rings (SSSR count). The maximum absolute atomic E-state index is 12.2. The van der Waals surface area contributed by atoms with E-state index in [1.807, 2.05) is 61.1 Å². The first-order valence-corrected chi connectivity index (χ1v) is 10.8. The van der Waals surface area contributed by atoms with E-state index >= 15 is 0 Å². The normalized spacial score (nSPS) is 11.7. The summed E-state index contributed by atoms with van der Waals surface area (Å²) in [4.78, 5) is 27.1. The van der Waals surface area contributed by atoms with E-state index in [0.717, 1.165) is 41.2 Å². The SMILES string of the molecule is CCCC(Oc1ccc(-n2cnc(C)c2C)cc1)c1ccc(C(=O)NCCC(=O)O)cc1. The third kappa shape index (κ3) is 5.75. The Labute approximate surface area is 188 Å². The van der Waals surface area contributed by atoms with Gasteiger partial charge >= 0.3 is 5.97 Å². The molecule has 0 aliphatic rings. The van der Waals surface area contributed by atoms with E-state index < -0.39 is 5.97 Å². The number of hydrogen-bond donors (Lipinski definition) is 2. The molecular weight excluding hydrogens is 406 g/mol. The van der Waals surface area contributed by atoms with Crippen molar-refractivity contribution >= 4 is 11.9 Å². The van der Waals surface area contributed by atoms with Gasteiger partial charge in [-0.15, -0.1) is 0 Å². The summed E-state index contributed by atoms with van der Waals surface area (Å²) < 4.78 is 8.31. The number of carbonyl (C=O) groups excluding carboxylic acids is 1. The molecule has 0 aliphatic carbocycles. The Morgan fingerprint density at radius 1 is 1.09 bits per heavy atom. The fourth-order valence-corrected chi connectivity index (χ4v) is 3.40. The third-order valence-electron chi connectivity index (χ3n) is 5.36. The number of imidazole rings is 1. The summed E-state index contributed by atoms with van der Waals surface area (Å²) in [6, 6.07) is 15.2. The number of amides is 1. The molecule has 0 saturated heterocycles. The van der Waals surface area contributed by atoms with Gasteiger partial charge in [-0.25, -0.2) is 4.98 Å². The Balaban J connectivity index is 1.68. The highest BCUT2D eigenvalue weighted by Crippen LogP contribution is 2.27. The summed E-state index contributed by atoms with van der Waals surface area (Å²) in [6.07, 6.45) is 3.38. The molecule has 1 atom stereocenters. The second-order valence-corrected chi connectivity index (χ2v) is 7.70. The Kier molecular flexibility index (Phi) is 7.65. The fraction of sp³-hybridized carbons (Fsp3) is 0.320. The van der Waals surface area contributed by atoms with Gasteiger partial charge in [-0.3, -0.25) is 9.59 Å². The van der Waals surface area contributed by atoms with Crippen LogP contribution in [0, 0.1) is 13.8 Å². The van der Waals surface area contributed by atoms with Gasteiger partial charge in [0.25, 0.3) is 5.91 Å². The molecule has 7 nitrogen and oxygen atoms in total. The van der Waals surface area contributed by atoms with Gasteiger partial charge in [0.05, 0.1) is 18.4 Å². The Hall–Kier alpha value is -3.61. The molecule has 1 aromatic heterocycles. The molecule has 0 aliphatic heterocycles. The van der Waals surface area contributed by atoms with E-state index in [1.54, 1.807) is 12.1 Å². The van der Waals surface area contributed by atoms with Crippen LogP contribution in [0.25, 0.3) is 5.69 Å². The Morgan fingerprint density at radius 2 is 1.78 bits per heavy atom. The van der Waals surface area contributed by atoms with Crippen LogP contribution in [0.4, 0.5) is 0 Å². The molecule has 1 amide bonds. The number of aryl methyl sites for hydroxylation is 1. The summed E-state index contributed by atoms with van der Waals surface area (Å²) in [6.45, 7) is 6.24. The highest BCUT2D eigenvalue weighted by Gasteiger charge is 2.15. The lowest BCUT2D eigenvalue weighted by atomic mass is 10.0. The first-order valence-electron chi connectivity index (χ1n) is 10.8. The predicted molar refractivity (Wildman–Crippen MR) is 122 cm³/mol. The number of carboxylic acids is 1. The molecule has 0 radical (unpaired) electrons. The van der Waals surface area contributed by atoms with Gasteiger partial charge in [0.15, 0.2) is 0 Å². The van der Waals surface area contributed by atoms with Crippen molar-refractivity contribution in [3.8, 4) is 11.4 Å². The van der Waals surface area contributed by atoms with E-state index in [-0.39, 0.29) is 25.0 Å². The lowest BCUT2D eigenvalue weighted by Gasteiger charge is -2.20. The molecule has 3 aromatic rings. The van der Waals surface area contributed by atoms with E-state index in [2.05, 4.69) is 17.2 Å². The number of carbonyl (C=O) groups is 2. The molecule has 2 N–H and O–H groups in total. The monoisotopic (exact) mass is 435 g/mol. The molecule has 32 heavy (non-hydrogen) atoms. The number of benzene rings is 2. The van der Waals surface area contributed by atoms with Gasteiger partial charge in [-0.05, 0) is 62.2 Å². The molecule has 7 heteroatoms. The number of rotatable bonds is 10. The smallest absolute Gasteiger partial charge is 0.305 e. The van der Waals surface area contributed by atoms with E-state index in [0.29, 0.717) is 5.56 Å². The fourth-order valence-electron chi connectivity index (χ4n) is 3.40. The van der Waals surface area contributed by atoms with Crippen molar-refractivity contribution in [2.45, 2.75) is 46.1 Å². The topological polar surface area (TPSA) is 93.5 Å². The van der Waals surface area contributed by atoms with E-state index in [9.17, 15) is 9.59 Å². The summed E-state index contributed by atoms with van der Waals surface area (Å²) >= 11 is 0. The lowest BCUT2D eigenvalue weighted by Crippen LogP contribution is -2.26. The minimum atomic E-state index is -0.941. The van der Waals surface area contributed by atoms with Crippen molar-refractivity contribution in [2.24, 2.45) is 0 Å². The molecule has 0 fully saturated rings. The number of nitrogens with one attached hydrogen (secondary N) is 1. The average Bonchev–Trinajstić information content (AvgIpc) is 3.12. The maximum Gasteiger partial charge on any atom is 0.305 e. The highest BCUT2D eigenvalue weighted by molar-refractivity contribution is 5.94. The zero-order valence-corrected chi connectivity index (χ0v) is 18.7. The van der Waals surface area contributed by atoms with Gasteiger partial charge in [0, 0.05) is 23.5 Å². The summed E-state index contributed by atoms with van der Waals surface area (Å²) in [5.74, 6) is -0.452. The van der Waals surface area contributed by atoms with Crippen LogP contribution in [0.2, 0.25) is 0 Å². The van der Waals surface area contributed by atoms with Gasteiger partial charge in [0.1, 0.15) is 11.9 Å². The van der Waals surface area contributed by atoms with Crippen molar-refractivity contribution in [3.63, 3.8) is 0 Å². The van der Waals surface area contributed by atoms with Crippen LogP contribution in [0.5, 0.6) is 5.75 Å². The average molecular weight is 436 g/mol. The van der Waals surface area contributed by atoms with Crippen molar-refractivity contribution < 1.29 is 19.4 Å². The molecule has 2 aromatic carbocycles. The molecule has 1 heterocycles. The van der Waals surface area contributed by atoms with E-state index in [4.69, 9.17) is 9.84 Å². The largest absolute Gasteiger partial charge is 0.486 e. The van der Waals surface area contributed by atoms with Crippen LogP contribution in [-0.4, -0.2) is 33.1 Å². The first-order chi connectivity index (χ1) is 15.4. The number of aromatic nitrogens is 2. The standard InChI is InChI=1S/C25H29N3O4/c1-4-5-23(19-6-8-20(9-7-19)25(31)26-15-14-24(29)30)32-22-12-10-21(11-13-22)28-16-27-17(2)18(28)3/h6-13,16,23H,4-5,14-15H2,1-3H3,(H,26,31)(H,29,30). The molecule has 0 spiro atoms. The second kappa shape index (κ2) is 10.6. The zero-order valence-electron chi connectivity index (χ0n) is 18.7. The quantitative estimate of drug-likeness (QED) is 0.485. The van der Waals surface area contributed by atoms with Gasteiger partial charge < -0.3 is 19.7 Å². The Morgan fingerprint density at radius 3 is 2.34 bits per heavy atom. The van der Waals surface area contributed by atoms with Crippen molar-refractivity contribution in [1.29, 1.82) is 0 Å². The van der Waals surface area contributed by atoms with Crippen LogP contribution in [0.3, 0.4) is 0 Å². The van der Waals surface area contributed by atoms with Crippen molar-refractivity contribution in [3.05, 3.63) is 77.4 Å². The van der Waals surface area contributed by atoms with Gasteiger partial charge in [-0.2, -0.15) is 0 Å². The predicted octanol–water partition coefficient (Wildman–Crippen LogP) is 4.61. The summed E-state index contributed by atoms with van der Waals surface area (Å²) in [7, 11) is 0. The van der Waals surface area contributed by atoms with Crippen LogP contribution in [-0.2, 0) is 4.79 Å². The first kappa shape index (κ1) is 23.1. The van der Waals surface area contributed by atoms with Crippen LogP contribution >= 0.6 is 0 Å². The van der Waals surface area contributed by atoms with Gasteiger partial charge in [0.2, 0.25) is 0 Å². The molecule has 1 unspecified atom stereocenters. The van der Waals surface area contributed by atoms with Gasteiger partial charge in [-0.1, -0.05) is 25.5 Å². The van der Waals surface area contributed by atoms with Crippen LogP contribution in [0.1, 0.15) is 59.6 Å². The number of carboxylic acid groups (broad SMARTS) is 1. The maximum atomic E-state index is 12.2. The van der Waals surface area contributed by atoms with Crippen molar-refractivity contribution in [2.75, 3.05) is 6.54 Å². The molecule has 0 bridgehead atoms. The second-order valence-electron chi connectivity index (χ2n) is 7.70. The zero-order chi connectivity index (χ0) is 23.1. The number of ether oxygens (including phenoxy) is 1. The summed E-state index contributed by atoms with van der Waals surface area (Å²) in [5, 5.41) is 11.3. The van der Waals surface area contributed by atoms with Crippen LogP contribution in [0.15, 0.2) is 54.9 Å².